The predicted octanol–water partition coefficient (Wildman–Crippen LogP) is 3.22. The molecule has 2 rings (SSSR count). The van der Waals surface area contributed by atoms with Gasteiger partial charge in [0, 0.05) is 18.8 Å². The summed E-state index contributed by atoms with van der Waals surface area (Å²) in [7, 11) is 2.23. The minimum atomic E-state index is 0.444. The molecule has 1 saturated heterocycles. The summed E-state index contributed by atoms with van der Waals surface area (Å²) in [5.74, 6) is 1.23. The van der Waals surface area contributed by atoms with Crippen molar-refractivity contribution in [1.82, 2.24) is 10.2 Å². The number of hydrogen-bond acceptors (Lipinski definition) is 4. The monoisotopic (exact) mass is 297 g/mol. The van der Waals surface area contributed by atoms with Gasteiger partial charge < -0.3 is 10.2 Å². The molecule has 0 amide bonds. The molecule has 0 unspecified atom stereocenters. The second-order valence-electron chi connectivity index (χ2n) is 7.08. The molecule has 0 saturated carbocycles. The predicted molar refractivity (Wildman–Crippen MR) is 90.6 cm³/mol. The number of piperidine rings is 1. The lowest BCUT2D eigenvalue weighted by atomic mass is 9.80. The zero-order valence-corrected chi connectivity index (χ0v) is 14.5. The average molecular weight is 298 g/mol. The van der Waals surface area contributed by atoms with Gasteiger partial charge in [0.2, 0.25) is 0 Å². The van der Waals surface area contributed by atoms with Gasteiger partial charge in [-0.3, -0.25) is 4.99 Å². The Balaban J connectivity index is 1.82. The number of amidine groups is 1. The van der Waals surface area contributed by atoms with Crippen molar-refractivity contribution in [3.63, 3.8) is 0 Å². The van der Waals surface area contributed by atoms with E-state index in [1.54, 1.807) is 0 Å². The van der Waals surface area contributed by atoms with E-state index < -0.39 is 0 Å². The molecular weight excluding hydrogens is 266 g/mol. The number of nitrogens with zero attached hydrogens (tertiary/aromatic N) is 2. The van der Waals surface area contributed by atoms with Crippen LogP contribution in [0.4, 0.5) is 0 Å². The highest BCUT2D eigenvalue weighted by atomic mass is 32.2. The molecule has 1 N–H and O–H groups in total. The van der Waals surface area contributed by atoms with Crippen LogP contribution in [0, 0.1) is 10.8 Å². The summed E-state index contributed by atoms with van der Waals surface area (Å²) < 4.78 is 0. The second-order valence-corrected chi connectivity index (χ2v) is 8.05. The third-order valence-corrected chi connectivity index (χ3v) is 6.74. The first-order valence-corrected chi connectivity index (χ1v) is 9.09. The number of rotatable bonds is 4. The van der Waals surface area contributed by atoms with Crippen LogP contribution < -0.4 is 5.32 Å². The molecule has 1 fully saturated rings. The Morgan fingerprint density at radius 2 is 1.90 bits per heavy atom. The minimum Gasteiger partial charge on any atom is -0.364 e. The van der Waals surface area contributed by atoms with E-state index >= 15 is 0 Å². The van der Waals surface area contributed by atoms with Gasteiger partial charge in [-0.1, -0.05) is 32.5 Å². The molecule has 0 aromatic carbocycles. The summed E-state index contributed by atoms with van der Waals surface area (Å²) in [6.07, 6.45) is 5.08. The van der Waals surface area contributed by atoms with Crippen LogP contribution in [-0.4, -0.2) is 49.0 Å². The zero-order chi connectivity index (χ0) is 14.6. The van der Waals surface area contributed by atoms with E-state index in [0.717, 1.165) is 13.1 Å². The fourth-order valence-electron chi connectivity index (χ4n) is 2.96. The van der Waals surface area contributed by atoms with Crippen LogP contribution in [0.15, 0.2) is 4.99 Å². The molecule has 0 atom stereocenters. The molecule has 0 radical (unpaired) electrons. The Morgan fingerprint density at radius 1 is 1.25 bits per heavy atom. The lowest BCUT2D eigenvalue weighted by Crippen LogP contribution is -2.44. The Labute approximate surface area is 129 Å². The van der Waals surface area contributed by atoms with Crippen molar-refractivity contribution < 1.29 is 0 Å². The smallest absolute Gasteiger partial charge is 0.156 e. The molecule has 3 nitrogen and oxygen atoms in total. The molecule has 2 aliphatic heterocycles. The Hall–Kier alpha value is -0.220. The van der Waals surface area contributed by atoms with Gasteiger partial charge in [-0.15, -0.1) is 0 Å². The lowest BCUT2D eigenvalue weighted by molar-refractivity contribution is 0.142. The van der Waals surface area contributed by atoms with Crippen LogP contribution in [0.1, 0.15) is 46.5 Å². The maximum atomic E-state index is 4.81. The standard InChI is InChI=1S/C16H31N3S/c1-5-16(6-2)12-18-14(20-13-16)17-11-15(3)7-9-19(4)10-8-15/h5-13H2,1-4H3,(H,17,18). The van der Waals surface area contributed by atoms with Gasteiger partial charge in [0.15, 0.2) is 5.17 Å². The van der Waals surface area contributed by atoms with Crippen molar-refractivity contribution in [2.45, 2.75) is 46.5 Å². The topological polar surface area (TPSA) is 27.6 Å². The van der Waals surface area contributed by atoms with Crippen molar-refractivity contribution >= 4 is 16.9 Å². The minimum absolute atomic E-state index is 0.444. The van der Waals surface area contributed by atoms with Crippen LogP contribution in [0.5, 0.6) is 0 Å². The summed E-state index contributed by atoms with van der Waals surface area (Å²) in [6, 6.07) is 0. The maximum Gasteiger partial charge on any atom is 0.156 e. The fourth-order valence-corrected chi connectivity index (χ4v) is 4.23. The van der Waals surface area contributed by atoms with E-state index in [2.05, 4.69) is 38.0 Å². The molecule has 0 aromatic rings. The Morgan fingerprint density at radius 3 is 2.40 bits per heavy atom. The molecular formula is C16H31N3S. The zero-order valence-electron chi connectivity index (χ0n) is 13.7. The van der Waals surface area contributed by atoms with E-state index in [-0.39, 0.29) is 0 Å². The Kier molecular flexibility index (Phi) is 5.41. The van der Waals surface area contributed by atoms with Crippen LogP contribution in [-0.2, 0) is 0 Å². The van der Waals surface area contributed by atoms with Crippen molar-refractivity contribution in [1.29, 1.82) is 0 Å². The summed E-state index contributed by atoms with van der Waals surface area (Å²) >= 11 is 1.94. The lowest BCUT2D eigenvalue weighted by Gasteiger charge is -2.39. The van der Waals surface area contributed by atoms with E-state index in [0.29, 0.717) is 10.8 Å². The van der Waals surface area contributed by atoms with Crippen LogP contribution in [0.2, 0.25) is 0 Å². The largest absolute Gasteiger partial charge is 0.364 e. The SMILES string of the molecule is CCC1(CC)CN=C(NCC2(C)CCN(C)CC2)SC1. The van der Waals surface area contributed by atoms with E-state index in [1.165, 1.54) is 49.7 Å². The summed E-state index contributed by atoms with van der Waals surface area (Å²) in [4.78, 5) is 7.25. The Bertz CT molecular complexity index is 342. The van der Waals surface area contributed by atoms with Gasteiger partial charge >= 0.3 is 0 Å². The summed E-state index contributed by atoms with van der Waals surface area (Å²) in [5, 5.41) is 4.81. The van der Waals surface area contributed by atoms with Gasteiger partial charge in [0.25, 0.3) is 0 Å². The van der Waals surface area contributed by atoms with Crippen molar-refractivity contribution in [2.75, 3.05) is 39.0 Å². The number of hydrogen-bond donors (Lipinski definition) is 1. The summed E-state index contributed by atoms with van der Waals surface area (Å²) in [6.45, 7) is 11.6. The molecule has 0 bridgehead atoms. The first-order valence-electron chi connectivity index (χ1n) is 8.10. The third kappa shape index (κ3) is 3.91. The maximum absolute atomic E-state index is 4.81. The van der Waals surface area contributed by atoms with Crippen LogP contribution >= 0.6 is 11.8 Å². The molecule has 20 heavy (non-hydrogen) atoms. The van der Waals surface area contributed by atoms with E-state index in [4.69, 9.17) is 4.99 Å². The van der Waals surface area contributed by atoms with Gasteiger partial charge in [-0.25, -0.2) is 0 Å². The van der Waals surface area contributed by atoms with Crippen molar-refractivity contribution in [3.05, 3.63) is 0 Å². The average Bonchev–Trinajstić information content (AvgIpc) is 2.49. The number of nitrogens with one attached hydrogen (secondary N) is 1. The molecule has 0 aromatic heterocycles. The first kappa shape index (κ1) is 16.2. The number of aliphatic imine (C=N–C) groups is 1. The number of thioether (sulfide) groups is 1. The molecule has 4 heteroatoms. The highest BCUT2D eigenvalue weighted by Crippen LogP contribution is 2.35. The molecule has 116 valence electrons. The highest BCUT2D eigenvalue weighted by Gasteiger charge is 2.32. The van der Waals surface area contributed by atoms with E-state index in [9.17, 15) is 0 Å². The number of likely N-dealkylation sites (tertiary alicyclic amines) is 1. The molecule has 0 aliphatic carbocycles. The van der Waals surface area contributed by atoms with Crippen molar-refractivity contribution in [3.8, 4) is 0 Å². The highest BCUT2D eigenvalue weighted by molar-refractivity contribution is 8.13. The quantitative estimate of drug-likeness (QED) is 0.863. The molecule has 2 aliphatic rings. The van der Waals surface area contributed by atoms with E-state index in [1.807, 2.05) is 11.8 Å². The van der Waals surface area contributed by atoms with Gasteiger partial charge in [-0.2, -0.15) is 0 Å². The van der Waals surface area contributed by atoms with Crippen molar-refractivity contribution in [2.24, 2.45) is 15.8 Å². The van der Waals surface area contributed by atoms with Crippen LogP contribution in [0.3, 0.4) is 0 Å². The van der Waals surface area contributed by atoms with Gasteiger partial charge in [0.1, 0.15) is 0 Å². The second kappa shape index (κ2) is 6.69. The van der Waals surface area contributed by atoms with Gasteiger partial charge in [0.05, 0.1) is 0 Å². The first-order chi connectivity index (χ1) is 9.51. The van der Waals surface area contributed by atoms with Crippen LogP contribution in [0.25, 0.3) is 0 Å². The van der Waals surface area contributed by atoms with Gasteiger partial charge in [-0.05, 0) is 56.7 Å². The third-order valence-electron chi connectivity index (χ3n) is 5.43. The molecule has 0 spiro atoms. The summed E-state index contributed by atoms with van der Waals surface area (Å²) in [5.41, 5.74) is 0.896. The molecule has 2 heterocycles. The normalized spacial score (nSPS) is 26.1. The fraction of sp³-hybridized carbons (Fsp3) is 0.938.